The lowest BCUT2D eigenvalue weighted by molar-refractivity contribution is 0.568. The molecule has 0 unspecified atom stereocenters. The third kappa shape index (κ3) is 4.49. The predicted octanol–water partition coefficient (Wildman–Crippen LogP) is 5.32. The Morgan fingerprint density at radius 2 is 1.83 bits per heavy atom. The van der Waals surface area contributed by atoms with Crippen molar-refractivity contribution in [2.24, 2.45) is 5.10 Å². The van der Waals surface area contributed by atoms with Crippen LogP contribution in [-0.4, -0.2) is 16.2 Å². The van der Waals surface area contributed by atoms with Gasteiger partial charge < -0.3 is 4.98 Å². The number of benzene rings is 2. The number of nitrogens with one attached hydrogen (secondary N) is 2. The van der Waals surface area contributed by atoms with Crippen molar-refractivity contribution in [2.75, 3.05) is 5.43 Å². The van der Waals surface area contributed by atoms with E-state index in [1.54, 1.807) is 17.6 Å². The van der Waals surface area contributed by atoms with E-state index < -0.39 is 0 Å². The maximum atomic E-state index is 12.6. The minimum absolute atomic E-state index is 0.0569. The highest BCUT2D eigenvalue weighted by molar-refractivity contribution is 7.15. The number of H-pyrrole nitrogens is 1. The number of rotatable bonds is 5. The molecule has 0 aliphatic rings. The quantitative estimate of drug-likeness (QED) is 0.342. The number of nitrogens with zero attached hydrogens (tertiary/aromatic N) is 2. The lowest BCUT2D eigenvalue weighted by Crippen LogP contribution is -2.17. The zero-order chi connectivity index (χ0) is 21.1. The maximum absolute atomic E-state index is 12.6. The summed E-state index contributed by atoms with van der Waals surface area (Å²) < 4.78 is 0. The SMILES string of the molecule is CC(C)(C)c1nc(NN=Cc2ccccc2)sc1Cc1cc2ccccc2[nH]c1=O. The third-order valence-electron chi connectivity index (χ3n) is 4.76. The van der Waals surface area contributed by atoms with Gasteiger partial charge in [-0.2, -0.15) is 5.10 Å². The van der Waals surface area contributed by atoms with E-state index in [2.05, 4.69) is 36.3 Å². The summed E-state index contributed by atoms with van der Waals surface area (Å²) in [5, 5.41) is 6.07. The molecule has 2 aromatic carbocycles. The van der Waals surface area contributed by atoms with Crippen LogP contribution >= 0.6 is 11.3 Å². The summed E-state index contributed by atoms with van der Waals surface area (Å²) in [6.07, 6.45) is 2.31. The molecule has 0 amide bonds. The van der Waals surface area contributed by atoms with Gasteiger partial charge in [-0.25, -0.2) is 4.98 Å². The monoisotopic (exact) mass is 416 g/mol. The summed E-state index contributed by atoms with van der Waals surface area (Å²) in [5.74, 6) is 0. The smallest absolute Gasteiger partial charge is 0.251 e. The zero-order valence-corrected chi connectivity index (χ0v) is 18.1. The first-order valence-electron chi connectivity index (χ1n) is 9.85. The van der Waals surface area contributed by atoms with E-state index in [0.717, 1.165) is 37.7 Å². The van der Waals surface area contributed by atoms with Crippen LogP contribution in [0.4, 0.5) is 5.13 Å². The van der Waals surface area contributed by atoms with Gasteiger partial charge in [0.1, 0.15) is 0 Å². The zero-order valence-electron chi connectivity index (χ0n) is 17.3. The average molecular weight is 417 g/mol. The van der Waals surface area contributed by atoms with Gasteiger partial charge in [0.2, 0.25) is 5.13 Å². The van der Waals surface area contributed by atoms with Gasteiger partial charge in [-0.1, -0.05) is 80.6 Å². The Morgan fingerprint density at radius 3 is 2.60 bits per heavy atom. The average Bonchev–Trinajstić information content (AvgIpc) is 3.12. The number of aromatic amines is 1. The van der Waals surface area contributed by atoms with Crippen molar-refractivity contribution in [2.45, 2.75) is 32.6 Å². The van der Waals surface area contributed by atoms with Crippen LogP contribution < -0.4 is 11.0 Å². The number of hydrazone groups is 1. The van der Waals surface area contributed by atoms with Gasteiger partial charge in [-0.05, 0) is 23.1 Å². The van der Waals surface area contributed by atoms with Crippen LogP contribution in [0, 0.1) is 0 Å². The van der Waals surface area contributed by atoms with Gasteiger partial charge in [0.05, 0.1) is 11.9 Å². The van der Waals surface area contributed by atoms with Crippen molar-refractivity contribution in [1.29, 1.82) is 0 Å². The first-order valence-corrected chi connectivity index (χ1v) is 10.7. The molecule has 0 radical (unpaired) electrons. The minimum Gasteiger partial charge on any atom is -0.322 e. The van der Waals surface area contributed by atoms with Crippen LogP contribution in [0.25, 0.3) is 10.9 Å². The van der Waals surface area contributed by atoms with Gasteiger partial charge in [-0.3, -0.25) is 10.2 Å². The normalized spacial score (nSPS) is 12.0. The van der Waals surface area contributed by atoms with Crippen molar-refractivity contribution in [3.8, 4) is 0 Å². The lowest BCUT2D eigenvalue weighted by atomic mass is 9.90. The van der Waals surface area contributed by atoms with Crippen LogP contribution in [0.2, 0.25) is 0 Å². The molecular weight excluding hydrogens is 392 g/mol. The number of hydrogen-bond acceptors (Lipinski definition) is 5. The number of hydrogen-bond donors (Lipinski definition) is 2. The van der Waals surface area contributed by atoms with E-state index in [-0.39, 0.29) is 11.0 Å². The molecule has 30 heavy (non-hydrogen) atoms. The molecule has 6 heteroatoms. The topological polar surface area (TPSA) is 70.1 Å². The fourth-order valence-electron chi connectivity index (χ4n) is 3.30. The summed E-state index contributed by atoms with van der Waals surface area (Å²) in [4.78, 5) is 21.5. The highest BCUT2D eigenvalue weighted by Crippen LogP contribution is 2.33. The fraction of sp³-hybridized carbons (Fsp3) is 0.208. The van der Waals surface area contributed by atoms with E-state index in [9.17, 15) is 4.79 Å². The highest BCUT2D eigenvalue weighted by Gasteiger charge is 2.24. The maximum Gasteiger partial charge on any atom is 0.251 e. The molecule has 152 valence electrons. The second-order valence-corrected chi connectivity index (χ2v) is 9.29. The molecule has 2 aromatic heterocycles. The number of pyridine rings is 1. The second kappa shape index (κ2) is 8.24. The van der Waals surface area contributed by atoms with E-state index >= 15 is 0 Å². The number of fused-ring (bicyclic) bond motifs is 1. The molecule has 4 rings (SSSR count). The summed E-state index contributed by atoms with van der Waals surface area (Å²) in [7, 11) is 0. The molecule has 0 aliphatic carbocycles. The number of para-hydroxylation sites is 1. The summed E-state index contributed by atoms with van der Waals surface area (Å²) in [6.45, 7) is 6.40. The minimum atomic E-state index is -0.140. The molecule has 0 aliphatic heterocycles. The van der Waals surface area contributed by atoms with Crippen molar-refractivity contribution < 1.29 is 0 Å². The van der Waals surface area contributed by atoms with Gasteiger partial charge in [0, 0.05) is 27.8 Å². The molecule has 0 bridgehead atoms. The molecule has 0 spiro atoms. The molecular formula is C24H24N4OS. The summed E-state index contributed by atoms with van der Waals surface area (Å²) in [5.41, 5.74) is 6.44. The molecule has 0 fully saturated rings. The highest BCUT2D eigenvalue weighted by atomic mass is 32.1. The van der Waals surface area contributed by atoms with Gasteiger partial charge >= 0.3 is 0 Å². The van der Waals surface area contributed by atoms with Gasteiger partial charge in [-0.15, -0.1) is 0 Å². The Kier molecular flexibility index (Phi) is 5.50. The van der Waals surface area contributed by atoms with Crippen LogP contribution in [0.15, 0.2) is 70.6 Å². The summed E-state index contributed by atoms with van der Waals surface area (Å²) >= 11 is 1.54. The standard InChI is InChI=1S/C24H24N4OS/c1-24(2,3)21-20(14-18-13-17-11-7-8-12-19(17)26-22(18)29)30-23(27-21)28-25-15-16-9-5-4-6-10-16/h4-13,15H,14H2,1-3H3,(H,26,29)(H,27,28). The van der Waals surface area contributed by atoms with Crippen molar-refractivity contribution in [1.82, 2.24) is 9.97 Å². The Balaban J connectivity index is 1.63. The molecule has 2 N–H and O–H groups in total. The summed E-state index contributed by atoms with van der Waals surface area (Å²) in [6, 6.07) is 19.7. The number of aromatic nitrogens is 2. The molecule has 2 heterocycles. The number of thiazole rings is 1. The first-order chi connectivity index (χ1) is 14.4. The Hall–Kier alpha value is -3.25. The van der Waals surface area contributed by atoms with E-state index in [1.807, 2.05) is 60.7 Å². The Labute approximate surface area is 179 Å². The second-order valence-electron chi connectivity index (χ2n) is 8.21. The molecule has 5 nitrogen and oxygen atoms in total. The van der Waals surface area contributed by atoms with Crippen LogP contribution in [0.3, 0.4) is 0 Å². The van der Waals surface area contributed by atoms with Crippen molar-refractivity contribution in [3.63, 3.8) is 0 Å². The van der Waals surface area contributed by atoms with Crippen LogP contribution in [-0.2, 0) is 11.8 Å². The van der Waals surface area contributed by atoms with Gasteiger partial charge in [0.25, 0.3) is 5.56 Å². The van der Waals surface area contributed by atoms with Crippen LogP contribution in [0.1, 0.15) is 42.5 Å². The van der Waals surface area contributed by atoms with Crippen molar-refractivity contribution in [3.05, 3.63) is 92.7 Å². The van der Waals surface area contributed by atoms with E-state index in [1.165, 1.54) is 0 Å². The molecule has 4 aromatic rings. The Morgan fingerprint density at radius 1 is 1.10 bits per heavy atom. The predicted molar refractivity (Wildman–Crippen MR) is 126 cm³/mol. The van der Waals surface area contributed by atoms with Gasteiger partial charge in [0.15, 0.2) is 0 Å². The lowest BCUT2D eigenvalue weighted by Gasteiger charge is -2.17. The van der Waals surface area contributed by atoms with Crippen molar-refractivity contribution >= 4 is 33.6 Å². The fourth-order valence-corrected chi connectivity index (χ4v) is 4.45. The number of anilines is 1. The molecule has 0 atom stereocenters. The van der Waals surface area contributed by atoms with Crippen LogP contribution in [0.5, 0.6) is 0 Å². The third-order valence-corrected chi connectivity index (χ3v) is 5.72. The Bertz CT molecular complexity index is 1250. The molecule has 0 saturated heterocycles. The largest absolute Gasteiger partial charge is 0.322 e. The van der Waals surface area contributed by atoms with E-state index in [0.29, 0.717) is 6.42 Å². The first kappa shape index (κ1) is 20.0. The van der Waals surface area contributed by atoms with E-state index in [4.69, 9.17) is 4.98 Å². The molecule has 0 saturated carbocycles.